The molecule has 0 aliphatic carbocycles. The third-order valence-corrected chi connectivity index (χ3v) is 3.54. The lowest BCUT2D eigenvalue weighted by atomic mass is 10.2. The minimum Gasteiger partial charge on any atom is -0.444 e. The summed E-state index contributed by atoms with van der Waals surface area (Å²) in [6.07, 6.45) is -2.62. The Labute approximate surface area is 267 Å². The molecule has 0 unspecified atom stereocenters. The molecule has 11 heteroatoms. The Balaban J connectivity index is -0.000000165. The van der Waals surface area contributed by atoms with Gasteiger partial charge in [-0.25, -0.2) is 14.4 Å². The maximum atomic E-state index is 11.4. The number of hydrogen-bond donors (Lipinski definition) is 4. The van der Waals surface area contributed by atoms with Crippen molar-refractivity contribution in [2.45, 2.75) is 122 Å². The van der Waals surface area contributed by atoms with E-state index < -0.39 is 35.2 Å². The van der Waals surface area contributed by atoms with Crippen LogP contribution in [-0.2, 0) is 18.9 Å². The van der Waals surface area contributed by atoms with Gasteiger partial charge in [-0.05, 0) is 86.6 Å². The molecule has 0 fully saturated rings. The Morgan fingerprint density at radius 2 is 0.841 bits per heavy atom. The fourth-order valence-electron chi connectivity index (χ4n) is 2.15. The van der Waals surface area contributed by atoms with Gasteiger partial charge in [0.15, 0.2) is 0 Å². The number of amides is 1. The quantitative estimate of drug-likeness (QED) is 0.103. The molecule has 7 N–H and O–H groups in total. The summed E-state index contributed by atoms with van der Waals surface area (Å²) in [5.41, 5.74) is 16.9. The third kappa shape index (κ3) is 30.8. The molecule has 0 saturated carbocycles. The summed E-state index contributed by atoms with van der Waals surface area (Å²) in [6, 6.07) is 14.3. The van der Waals surface area contributed by atoms with E-state index in [1.54, 1.807) is 98.7 Å². The summed E-state index contributed by atoms with van der Waals surface area (Å²) < 4.78 is 18.9. The van der Waals surface area contributed by atoms with Crippen molar-refractivity contribution >= 4 is 41.2 Å². The minimum absolute atomic E-state index is 0. The number of nitrogen functional groups attached to an aromatic ring is 3. The Bertz CT molecular complexity index is 1010. The number of carbonyl (C=O) groups excluding carboxylic acids is 3. The average molecular weight is 627 g/mol. The Kier molecular flexibility index (Phi) is 27.4. The van der Waals surface area contributed by atoms with Crippen LogP contribution in [0.1, 0.15) is 105 Å². The van der Waals surface area contributed by atoms with Gasteiger partial charge in [-0.2, -0.15) is 0 Å². The Morgan fingerprint density at radius 3 is 1.11 bits per heavy atom. The summed E-state index contributed by atoms with van der Waals surface area (Å²) >= 11 is 0. The summed E-state index contributed by atoms with van der Waals surface area (Å²) in [5, 5.41) is 2.58. The molecule has 2 rings (SSSR count). The van der Waals surface area contributed by atoms with Crippen molar-refractivity contribution < 1.29 is 33.3 Å². The van der Waals surface area contributed by atoms with Gasteiger partial charge in [0.2, 0.25) is 0 Å². The molecular formula is C33H62N4O7. The van der Waals surface area contributed by atoms with Crippen molar-refractivity contribution in [2.75, 3.05) is 22.5 Å². The van der Waals surface area contributed by atoms with Crippen LogP contribution in [0, 0.1) is 0 Å². The van der Waals surface area contributed by atoms with Crippen LogP contribution in [0.5, 0.6) is 0 Å². The molecule has 0 aliphatic rings. The van der Waals surface area contributed by atoms with Crippen LogP contribution in [0.2, 0.25) is 0 Å². The highest BCUT2D eigenvalue weighted by molar-refractivity contribution is 5.89. The first-order valence-electron chi connectivity index (χ1n) is 13.8. The van der Waals surface area contributed by atoms with E-state index in [-0.39, 0.29) is 14.9 Å². The zero-order chi connectivity index (χ0) is 33.7. The number of hydrogen-bond acceptors (Lipinski definition) is 10. The minimum atomic E-state index is -1.06. The second-order valence-electron chi connectivity index (χ2n) is 10.9. The summed E-state index contributed by atoms with van der Waals surface area (Å²) in [5.74, 6) is 0. The molecule has 0 aromatic heterocycles. The molecule has 0 bridgehead atoms. The van der Waals surface area contributed by atoms with E-state index in [4.69, 9.17) is 31.4 Å². The van der Waals surface area contributed by atoms with Gasteiger partial charge in [-0.1, -0.05) is 66.8 Å². The van der Waals surface area contributed by atoms with Gasteiger partial charge >= 0.3 is 18.4 Å². The van der Waals surface area contributed by atoms with Crippen molar-refractivity contribution in [3.05, 3.63) is 48.5 Å². The van der Waals surface area contributed by atoms with Crippen molar-refractivity contribution in [1.29, 1.82) is 0 Å². The number of nitrogens with one attached hydrogen (secondary N) is 1. The van der Waals surface area contributed by atoms with Gasteiger partial charge in [0.05, 0.1) is 22.7 Å². The average Bonchev–Trinajstić information content (AvgIpc) is 2.82. The number of ether oxygens (including phenoxy) is 4. The number of rotatable bonds is 1. The number of para-hydroxylation sites is 4. The summed E-state index contributed by atoms with van der Waals surface area (Å²) in [4.78, 5) is 33.4. The van der Waals surface area contributed by atoms with Crippen molar-refractivity contribution in [3.63, 3.8) is 0 Å². The smallest absolute Gasteiger partial charge is 0.444 e. The summed E-state index contributed by atoms with van der Waals surface area (Å²) in [6.45, 7) is 23.4. The molecule has 11 nitrogen and oxygen atoms in total. The SMILES string of the molecule is C.C.CC.CC.CC(C)(C)OC(=O)Nc1ccccc1N.CC(C)(C)OC(=O)OC(=O)OC(C)(C)C.Nc1ccccc1N. The highest BCUT2D eigenvalue weighted by Crippen LogP contribution is 2.18. The van der Waals surface area contributed by atoms with Gasteiger partial charge < -0.3 is 36.1 Å². The van der Waals surface area contributed by atoms with Crippen LogP contribution in [0.25, 0.3) is 0 Å². The number of carbonyl (C=O) groups is 3. The molecule has 2 aromatic carbocycles. The molecule has 0 saturated heterocycles. The van der Waals surface area contributed by atoms with Crippen LogP contribution >= 0.6 is 0 Å². The van der Waals surface area contributed by atoms with Gasteiger partial charge in [0, 0.05) is 0 Å². The third-order valence-electron chi connectivity index (χ3n) is 3.54. The predicted octanol–water partition coefficient (Wildman–Crippen LogP) is 9.66. The summed E-state index contributed by atoms with van der Waals surface area (Å²) in [7, 11) is 0. The molecule has 256 valence electrons. The van der Waals surface area contributed by atoms with E-state index >= 15 is 0 Å². The fourth-order valence-corrected chi connectivity index (χ4v) is 2.15. The number of nitrogens with two attached hydrogens (primary N) is 3. The van der Waals surface area contributed by atoms with Crippen LogP contribution in [0.15, 0.2) is 48.5 Å². The Morgan fingerprint density at radius 1 is 0.545 bits per heavy atom. The molecule has 0 heterocycles. The van der Waals surface area contributed by atoms with E-state index in [9.17, 15) is 14.4 Å². The van der Waals surface area contributed by atoms with Gasteiger partial charge in [0.25, 0.3) is 0 Å². The molecule has 0 spiro atoms. The van der Waals surface area contributed by atoms with Crippen molar-refractivity contribution in [3.8, 4) is 0 Å². The topological polar surface area (TPSA) is 178 Å². The van der Waals surface area contributed by atoms with E-state index in [1.165, 1.54) is 0 Å². The highest BCUT2D eigenvalue weighted by Gasteiger charge is 2.24. The standard InChI is InChI=1S/C11H16N2O2.C10H18O5.C6H8N2.2C2H6.2CH4/c1-11(2,3)15-10(14)13-9-7-5-4-6-8(9)12;1-9(2,3)14-7(11)13-8(12)15-10(4,5)6;7-5-3-1-2-4-6(5)8;2*1-2;;/h4-7H,12H2,1-3H3,(H,13,14);1-6H3;1-4H,7-8H2;2*1-2H3;2*1H4. The van der Waals surface area contributed by atoms with Crippen LogP contribution in [0.3, 0.4) is 0 Å². The lowest BCUT2D eigenvalue weighted by Crippen LogP contribution is -2.29. The normalized spacial score (nSPS) is 9.66. The second kappa shape index (κ2) is 24.3. The Hall–Kier alpha value is -4.15. The first kappa shape index (κ1) is 49.5. The second-order valence-corrected chi connectivity index (χ2v) is 10.9. The lowest BCUT2D eigenvalue weighted by molar-refractivity contribution is -0.0294. The number of benzene rings is 2. The highest BCUT2D eigenvalue weighted by atomic mass is 16.8. The monoisotopic (exact) mass is 626 g/mol. The van der Waals surface area contributed by atoms with E-state index in [0.717, 1.165) is 0 Å². The van der Waals surface area contributed by atoms with Crippen LogP contribution < -0.4 is 22.5 Å². The molecule has 0 atom stereocenters. The maximum Gasteiger partial charge on any atom is 0.519 e. The molecule has 2 aromatic rings. The van der Waals surface area contributed by atoms with Gasteiger partial charge in [-0.3, -0.25) is 5.32 Å². The maximum absolute atomic E-state index is 11.4. The zero-order valence-corrected chi connectivity index (χ0v) is 27.7. The molecule has 0 aliphatic heterocycles. The van der Waals surface area contributed by atoms with Crippen molar-refractivity contribution in [1.82, 2.24) is 0 Å². The molecule has 0 radical (unpaired) electrons. The predicted molar refractivity (Wildman–Crippen MR) is 186 cm³/mol. The lowest BCUT2D eigenvalue weighted by Gasteiger charge is -2.20. The van der Waals surface area contributed by atoms with E-state index in [2.05, 4.69) is 10.1 Å². The molecular weight excluding hydrogens is 564 g/mol. The number of anilines is 4. The van der Waals surface area contributed by atoms with Crippen LogP contribution in [0.4, 0.5) is 37.1 Å². The largest absolute Gasteiger partial charge is 0.519 e. The first-order valence-corrected chi connectivity index (χ1v) is 13.8. The van der Waals surface area contributed by atoms with E-state index in [1.807, 2.05) is 39.8 Å². The van der Waals surface area contributed by atoms with Gasteiger partial charge in [-0.15, -0.1) is 0 Å². The van der Waals surface area contributed by atoms with Crippen LogP contribution in [-0.4, -0.2) is 35.2 Å². The molecule has 44 heavy (non-hydrogen) atoms. The van der Waals surface area contributed by atoms with E-state index in [0.29, 0.717) is 22.7 Å². The van der Waals surface area contributed by atoms with Crippen molar-refractivity contribution in [2.24, 2.45) is 0 Å². The first-order chi connectivity index (χ1) is 19.2. The molecule has 1 amide bonds. The fraction of sp³-hybridized carbons (Fsp3) is 0.545. The zero-order valence-electron chi connectivity index (χ0n) is 27.7. The van der Waals surface area contributed by atoms with Gasteiger partial charge in [0.1, 0.15) is 16.8 Å².